The largest absolute Gasteiger partial charge is 0.298 e. The van der Waals surface area contributed by atoms with Gasteiger partial charge in [0, 0.05) is 16.4 Å². The molecular weight excluding hydrogens is 346 g/mol. The maximum absolute atomic E-state index is 13.1. The number of hydrogen-bond acceptors (Lipinski definition) is 4. The molecule has 25 heavy (non-hydrogen) atoms. The van der Waals surface area contributed by atoms with E-state index in [1.165, 1.54) is 38.5 Å². The predicted molar refractivity (Wildman–Crippen MR) is 104 cm³/mol. The Morgan fingerprint density at radius 2 is 1.72 bits per heavy atom. The third-order valence-electron chi connectivity index (χ3n) is 6.51. The van der Waals surface area contributed by atoms with Crippen molar-refractivity contribution in [3.8, 4) is 11.3 Å². The summed E-state index contributed by atoms with van der Waals surface area (Å²) in [6, 6.07) is 10.3. The first-order chi connectivity index (χ1) is 12.2. The molecule has 1 aromatic carbocycles. The van der Waals surface area contributed by atoms with Crippen molar-refractivity contribution in [1.29, 1.82) is 0 Å². The number of aromatic nitrogens is 1. The standard InChI is InChI=1S/C21H23NOS2/c23-19(21-9-14-6-15(10-21)8-16(7-14)11-21)13-25-20-22-18(12-24-20)17-4-2-1-3-5-17/h1-5,12,14-16H,6-11,13H2. The van der Waals surface area contributed by atoms with Crippen molar-refractivity contribution in [2.45, 2.75) is 42.9 Å². The Bertz CT molecular complexity index is 747. The molecule has 4 fully saturated rings. The van der Waals surface area contributed by atoms with Crippen molar-refractivity contribution in [1.82, 2.24) is 4.98 Å². The monoisotopic (exact) mass is 369 g/mol. The summed E-state index contributed by atoms with van der Waals surface area (Å²) in [6.07, 6.45) is 7.70. The van der Waals surface area contributed by atoms with Crippen molar-refractivity contribution in [3.63, 3.8) is 0 Å². The Morgan fingerprint density at radius 1 is 1.08 bits per heavy atom. The topological polar surface area (TPSA) is 30.0 Å². The van der Waals surface area contributed by atoms with Gasteiger partial charge >= 0.3 is 0 Å². The summed E-state index contributed by atoms with van der Waals surface area (Å²) in [4.78, 5) is 17.8. The number of carbonyl (C=O) groups is 1. The number of hydrogen-bond donors (Lipinski definition) is 0. The molecule has 2 aromatic rings. The number of carbonyl (C=O) groups excluding carboxylic acids is 1. The zero-order valence-corrected chi connectivity index (χ0v) is 16.0. The van der Waals surface area contributed by atoms with Crippen molar-refractivity contribution in [3.05, 3.63) is 35.7 Å². The summed E-state index contributed by atoms with van der Waals surface area (Å²) in [6.45, 7) is 0. The second-order valence-corrected chi connectivity index (χ2v) is 10.4. The van der Waals surface area contributed by atoms with Crippen molar-refractivity contribution in [2.24, 2.45) is 23.2 Å². The number of nitrogens with zero attached hydrogens (tertiary/aromatic N) is 1. The molecule has 0 aliphatic heterocycles. The lowest BCUT2D eigenvalue weighted by Crippen LogP contribution is -2.50. The van der Waals surface area contributed by atoms with Gasteiger partial charge in [-0.05, 0) is 56.3 Å². The Balaban J connectivity index is 1.26. The van der Waals surface area contributed by atoms with E-state index in [2.05, 4.69) is 17.5 Å². The van der Waals surface area contributed by atoms with E-state index < -0.39 is 0 Å². The quantitative estimate of drug-likeness (QED) is 0.634. The van der Waals surface area contributed by atoms with Crippen molar-refractivity contribution >= 4 is 28.9 Å². The van der Waals surface area contributed by atoms with E-state index in [-0.39, 0.29) is 5.41 Å². The molecule has 6 rings (SSSR count). The van der Waals surface area contributed by atoms with Crippen LogP contribution in [0.3, 0.4) is 0 Å². The summed E-state index contributed by atoms with van der Waals surface area (Å²) in [5.74, 6) is 3.63. The van der Waals surface area contributed by atoms with Crippen LogP contribution in [-0.2, 0) is 4.79 Å². The Morgan fingerprint density at radius 3 is 2.36 bits per heavy atom. The number of Topliss-reactive ketones (excluding diaryl/α,β-unsaturated/α-hetero) is 1. The van der Waals surface area contributed by atoms with E-state index in [0.717, 1.165) is 33.4 Å². The molecule has 0 saturated heterocycles. The van der Waals surface area contributed by atoms with Crippen LogP contribution in [0.15, 0.2) is 40.1 Å². The fraction of sp³-hybridized carbons (Fsp3) is 0.524. The van der Waals surface area contributed by atoms with Crippen LogP contribution in [0.1, 0.15) is 38.5 Å². The average Bonchev–Trinajstić information content (AvgIpc) is 3.08. The second-order valence-electron chi connectivity index (χ2n) is 8.27. The van der Waals surface area contributed by atoms with Gasteiger partial charge in [0.15, 0.2) is 4.34 Å². The summed E-state index contributed by atoms with van der Waals surface area (Å²) >= 11 is 3.31. The van der Waals surface area contributed by atoms with Gasteiger partial charge in [-0.1, -0.05) is 42.1 Å². The van der Waals surface area contributed by atoms with Crippen LogP contribution in [0.2, 0.25) is 0 Å². The smallest absolute Gasteiger partial charge is 0.150 e. The van der Waals surface area contributed by atoms with Crippen LogP contribution in [0.5, 0.6) is 0 Å². The van der Waals surface area contributed by atoms with Crippen LogP contribution in [0.25, 0.3) is 11.3 Å². The molecule has 0 atom stereocenters. The highest BCUT2D eigenvalue weighted by Crippen LogP contribution is 2.60. The highest BCUT2D eigenvalue weighted by atomic mass is 32.2. The van der Waals surface area contributed by atoms with E-state index in [1.807, 2.05) is 18.2 Å². The summed E-state index contributed by atoms with van der Waals surface area (Å²) in [7, 11) is 0. The van der Waals surface area contributed by atoms with E-state index in [9.17, 15) is 4.79 Å². The number of benzene rings is 1. The van der Waals surface area contributed by atoms with Gasteiger partial charge in [0.1, 0.15) is 5.78 Å². The molecule has 0 spiro atoms. The van der Waals surface area contributed by atoms with Crippen LogP contribution >= 0.6 is 23.1 Å². The fourth-order valence-corrected chi connectivity index (χ4v) is 7.67. The fourth-order valence-electron chi connectivity index (χ4n) is 5.80. The predicted octanol–water partition coefficient (Wildman–Crippen LogP) is 5.69. The van der Waals surface area contributed by atoms with E-state index >= 15 is 0 Å². The maximum atomic E-state index is 13.1. The summed E-state index contributed by atoms with van der Waals surface area (Å²) in [5, 5.41) is 2.10. The molecule has 4 heteroatoms. The molecule has 4 saturated carbocycles. The van der Waals surface area contributed by atoms with Crippen LogP contribution < -0.4 is 0 Å². The third kappa shape index (κ3) is 2.97. The summed E-state index contributed by atoms with van der Waals surface area (Å²) in [5.41, 5.74) is 2.20. The van der Waals surface area contributed by atoms with Crippen molar-refractivity contribution in [2.75, 3.05) is 5.75 Å². The van der Waals surface area contributed by atoms with E-state index in [1.54, 1.807) is 23.1 Å². The molecule has 1 heterocycles. The zero-order chi connectivity index (χ0) is 16.9. The normalized spacial score (nSPS) is 32.9. The lowest BCUT2D eigenvalue weighted by atomic mass is 9.48. The maximum Gasteiger partial charge on any atom is 0.150 e. The minimum Gasteiger partial charge on any atom is -0.298 e. The van der Waals surface area contributed by atoms with Gasteiger partial charge in [0.25, 0.3) is 0 Å². The molecule has 1 aromatic heterocycles. The molecule has 4 bridgehead atoms. The molecule has 4 aliphatic rings. The Labute approximate surface area is 157 Å². The van der Waals surface area contributed by atoms with Gasteiger partial charge in [0.2, 0.25) is 0 Å². The Hall–Kier alpha value is -1.13. The zero-order valence-electron chi connectivity index (χ0n) is 14.3. The average molecular weight is 370 g/mol. The highest BCUT2D eigenvalue weighted by Gasteiger charge is 2.54. The van der Waals surface area contributed by atoms with Gasteiger partial charge in [-0.2, -0.15) is 0 Å². The number of ketones is 1. The number of rotatable bonds is 5. The first-order valence-corrected chi connectivity index (χ1v) is 11.2. The molecule has 130 valence electrons. The van der Waals surface area contributed by atoms with E-state index in [4.69, 9.17) is 4.98 Å². The lowest BCUT2D eigenvalue weighted by molar-refractivity contribution is -0.141. The molecule has 0 N–H and O–H groups in total. The van der Waals surface area contributed by atoms with Crippen LogP contribution in [-0.4, -0.2) is 16.5 Å². The minimum absolute atomic E-state index is 0.0290. The second kappa shape index (κ2) is 6.24. The van der Waals surface area contributed by atoms with Gasteiger partial charge in [-0.25, -0.2) is 4.98 Å². The highest BCUT2D eigenvalue weighted by molar-refractivity contribution is 8.01. The van der Waals surface area contributed by atoms with E-state index in [0.29, 0.717) is 11.5 Å². The number of thioether (sulfide) groups is 1. The van der Waals surface area contributed by atoms with Crippen LogP contribution in [0.4, 0.5) is 0 Å². The third-order valence-corrected chi connectivity index (χ3v) is 8.53. The van der Waals surface area contributed by atoms with Gasteiger partial charge in [-0.15, -0.1) is 11.3 Å². The molecule has 2 nitrogen and oxygen atoms in total. The molecule has 0 radical (unpaired) electrons. The van der Waals surface area contributed by atoms with Gasteiger partial charge in [-0.3, -0.25) is 4.79 Å². The molecule has 0 amide bonds. The van der Waals surface area contributed by atoms with Gasteiger partial charge in [0.05, 0.1) is 11.4 Å². The lowest BCUT2D eigenvalue weighted by Gasteiger charge is -2.56. The van der Waals surface area contributed by atoms with Gasteiger partial charge < -0.3 is 0 Å². The minimum atomic E-state index is 0.0290. The van der Waals surface area contributed by atoms with Crippen molar-refractivity contribution < 1.29 is 4.79 Å². The number of thiazole rings is 1. The molecule has 4 aliphatic carbocycles. The van der Waals surface area contributed by atoms with Crippen LogP contribution in [0, 0.1) is 23.2 Å². The molecule has 0 unspecified atom stereocenters. The first kappa shape index (κ1) is 16.1. The summed E-state index contributed by atoms with van der Waals surface area (Å²) < 4.78 is 1.02. The molecular formula is C21H23NOS2. The SMILES string of the molecule is O=C(CSc1nc(-c2ccccc2)cs1)C12CC3CC(CC(C3)C1)C2. The first-order valence-electron chi connectivity index (χ1n) is 9.37. The Kier molecular flexibility index (Phi) is 4.01.